The zero-order valence-corrected chi connectivity index (χ0v) is 14.5. The Balaban J connectivity index is 0.00000400. The molecular weight excluding hydrogens is 290 g/mol. The van der Waals surface area contributed by atoms with Crippen molar-refractivity contribution in [3.8, 4) is 0 Å². The van der Waals surface area contributed by atoms with Gasteiger partial charge in [0.15, 0.2) is 0 Å². The Labute approximate surface area is 134 Å². The molecule has 0 saturated carbocycles. The molecule has 0 aromatic carbocycles. The van der Waals surface area contributed by atoms with Gasteiger partial charge in [0.2, 0.25) is 11.8 Å². The van der Waals surface area contributed by atoms with Crippen molar-refractivity contribution in [2.75, 3.05) is 33.2 Å². The van der Waals surface area contributed by atoms with Crippen molar-refractivity contribution >= 4 is 24.2 Å². The van der Waals surface area contributed by atoms with E-state index in [9.17, 15) is 9.59 Å². The van der Waals surface area contributed by atoms with E-state index >= 15 is 0 Å². The first-order chi connectivity index (χ1) is 9.45. The first-order valence-electron chi connectivity index (χ1n) is 7.66. The monoisotopic (exact) mass is 319 g/mol. The molecule has 0 radical (unpaired) electrons. The summed E-state index contributed by atoms with van der Waals surface area (Å²) in [5, 5.41) is 6.02. The van der Waals surface area contributed by atoms with Gasteiger partial charge in [0, 0.05) is 38.0 Å². The van der Waals surface area contributed by atoms with E-state index in [-0.39, 0.29) is 36.1 Å². The van der Waals surface area contributed by atoms with Crippen LogP contribution in [-0.2, 0) is 9.59 Å². The number of halogens is 1. The Bertz CT molecular complexity index is 337. The van der Waals surface area contributed by atoms with E-state index in [1.165, 1.54) is 0 Å². The summed E-state index contributed by atoms with van der Waals surface area (Å²) in [5.74, 6) is 0.740. The highest BCUT2D eigenvalue weighted by atomic mass is 35.5. The maximum absolute atomic E-state index is 12.3. The largest absolute Gasteiger partial charge is 0.356 e. The zero-order valence-electron chi connectivity index (χ0n) is 13.6. The van der Waals surface area contributed by atoms with Gasteiger partial charge in [0.05, 0.1) is 0 Å². The van der Waals surface area contributed by atoms with Crippen LogP contribution in [0, 0.1) is 17.8 Å². The third-order valence-corrected chi connectivity index (χ3v) is 3.85. The van der Waals surface area contributed by atoms with E-state index in [1.54, 1.807) is 0 Å². The molecule has 2 atom stereocenters. The molecule has 2 unspecified atom stereocenters. The molecule has 0 bridgehead atoms. The van der Waals surface area contributed by atoms with Crippen LogP contribution in [0.5, 0.6) is 0 Å². The van der Waals surface area contributed by atoms with Gasteiger partial charge in [-0.25, -0.2) is 0 Å². The summed E-state index contributed by atoms with van der Waals surface area (Å²) in [7, 11) is 1.87. The molecule has 0 aliphatic carbocycles. The Hall–Kier alpha value is -0.810. The fourth-order valence-electron chi connectivity index (χ4n) is 2.59. The van der Waals surface area contributed by atoms with Crippen LogP contribution in [-0.4, -0.2) is 49.9 Å². The van der Waals surface area contributed by atoms with Crippen molar-refractivity contribution in [2.45, 2.75) is 33.6 Å². The molecule has 5 nitrogen and oxygen atoms in total. The van der Waals surface area contributed by atoms with Crippen LogP contribution in [0.15, 0.2) is 0 Å². The minimum absolute atomic E-state index is 0. The van der Waals surface area contributed by atoms with Gasteiger partial charge in [-0.05, 0) is 25.8 Å². The number of nitrogens with one attached hydrogen (secondary N) is 2. The van der Waals surface area contributed by atoms with Crippen molar-refractivity contribution in [3.63, 3.8) is 0 Å². The van der Waals surface area contributed by atoms with Crippen molar-refractivity contribution in [1.29, 1.82) is 0 Å². The number of nitrogens with zero attached hydrogens (tertiary/aromatic N) is 1. The van der Waals surface area contributed by atoms with Crippen LogP contribution in [0.3, 0.4) is 0 Å². The number of likely N-dealkylation sites (tertiary alicyclic amines) is 1. The van der Waals surface area contributed by atoms with Crippen molar-refractivity contribution in [3.05, 3.63) is 0 Å². The highest BCUT2D eigenvalue weighted by molar-refractivity contribution is 5.85. The molecule has 1 rings (SSSR count). The minimum atomic E-state index is 0. The topological polar surface area (TPSA) is 61.4 Å². The lowest BCUT2D eigenvalue weighted by Crippen LogP contribution is -2.47. The normalized spacial score (nSPS) is 19.9. The van der Waals surface area contributed by atoms with E-state index in [0.717, 1.165) is 25.9 Å². The number of carbonyl (C=O) groups is 2. The van der Waals surface area contributed by atoms with Gasteiger partial charge in [-0.1, -0.05) is 20.8 Å². The number of carbonyl (C=O) groups excluding carboxylic acids is 2. The lowest BCUT2D eigenvalue weighted by molar-refractivity contribution is -0.136. The summed E-state index contributed by atoms with van der Waals surface area (Å²) >= 11 is 0. The van der Waals surface area contributed by atoms with Gasteiger partial charge in [-0.3, -0.25) is 9.59 Å². The lowest BCUT2D eigenvalue weighted by Gasteiger charge is -2.34. The van der Waals surface area contributed by atoms with Crippen LogP contribution >= 0.6 is 12.4 Å². The number of piperidine rings is 1. The number of rotatable bonds is 6. The average Bonchev–Trinajstić information content (AvgIpc) is 2.44. The Morgan fingerprint density at radius 1 is 1.29 bits per heavy atom. The average molecular weight is 320 g/mol. The van der Waals surface area contributed by atoms with E-state index in [1.807, 2.05) is 32.7 Å². The maximum Gasteiger partial charge on any atom is 0.226 e. The van der Waals surface area contributed by atoms with Crippen LogP contribution in [0.1, 0.15) is 33.6 Å². The zero-order chi connectivity index (χ0) is 15.1. The van der Waals surface area contributed by atoms with E-state index < -0.39 is 0 Å². The summed E-state index contributed by atoms with van der Waals surface area (Å²) in [6.07, 6.45) is 2.11. The molecular formula is C15H30ClN3O2. The molecule has 0 aromatic heterocycles. The molecule has 1 saturated heterocycles. The summed E-state index contributed by atoms with van der Waals surface area (Å²) < 4.78 is 0. The van der Waals surface area contributed by atoms with Gasteiger partial charge >= 0.3 is 0 Å². The molecule has 1 aliphatic rings. The van der Waals surface area contributed by atoms with Gasteiger partial charge < -0.3 is 15.5 Å². The van der Waals surface area contributed by atoms with Crippen LogP contribution in [0.4, 0.5) is 0 Å². The maximum atomic E-state index is 12.3. The number of hydrogen-bond donors (Lipinski definition) is 2. The minimum Gasteiger partial charge on any atom is -0.356 e. The molecule has 21 heavy (non-hydrogen) atoms. The van der Waals surface area contributed by atoms with Crippen molar-refractivity contribution in [2.24, 2.45) is 17.8 Å². The van der Waals surface area contributed by atoms with Crippen molar-refractivity contribution < 1.29 is 9.59 Å². The number of amides is 2. The Kier molecular flexibility index (Phi) is 9.62. The predicted molar refractivity (Wildman–Crippen MR) is 87.5 cm³/mol. The van der Waals surface area contributed by atoms with E-state index in [4.69, 9.17) is 0 Å². The SMILES string of the molecule is CNCC(C)C(=O)N1CCCC(CNC(=O)C(C)C)C1.Cl. The molecule has 2 amide bonds. The first-order valence-corrected chi connectivity index (χ1v) is 7.66. The number of hydrogen-bond acceptors (Lipinski definition) is 3. The fourth-order valence-corrected chi connectivity index (χ4v) is 2.59. The quantitative estimate of drug-likeness (QED) is 0.775. The van der Waals surface area contributed by atoms with E-state index in [2.05, 4.69) is 10.6 Å². The Morgan fingerprint density at radius 3 is 2.52 bits per heavy atom. The van der Waals surface area contributed by atoms with Crippen LogP contribution in [0.2, 0.25) is 0 Å². The standard InChI is InChI=1S/C15H29N3O2.ClH/c1-11(2)14(19)17-9-13-6-5-7-18(10-13)15(20)12(3)8-16-4;/h11-13,16H,5-10H2,1-4H3,(H,17,19);1H. The third-order valence-electron chi connectivity index (χ3n) is 3.85. The molecule has 1 fully saturated rings. The highest BCUT2D eigenvalue weighted by Gasteiger charge is 2.26. The second-order valence-electron chi connectivity index (χ2n) is 6.15. The molecule has 0 aromatic rings. The molecule has 6 heteroatoms. The molecule has 2 N–H and O–H groups in total. The second kappa shape index (κ2) is 10.0. The summed E-state index contributed by atoms with van der Waals surface area (Å²) in [5.41, 5.74) is 0. The van der Waals surface area contributed by atoms with Gasteiger partial charge in [-0.2, -0.15) is 0 Å². The lowest BCUT2D eigenvalue weighted by atomic mass is 9.96. The van der Waals surface area contributed by atoms with Crippen LogP contribution < -0.4 is 10.6 Å². The summed E-state index contributed by atoms with van der Waals surface area (Å²) in [4.78, 5) is 25.8. The summed E-state index contributed by atoms with van der Waals surface area (Å²) in [6, 6.07) is 0. The predicted octanol–water partition coefficient (Wildman–Crippen LogP) is 1.27. The summed E-state index contributed by atoms with van der Waals surface area (Å²) in [6.45, 7) is 8.76. The molecule has 1 aliphatic heterocycles. The Morgan fingerprint density at radius 2 is 1.95 bits per heavy atom. The third kappa shape index (κ3) is 6.66. The van der Waals surface area contributed by atoms with Gasteiger partial charge in [0.1, 0.15) is 0 Å². The van der Waals surface area contributed by atoms with Gasteiger partial charge in [0.25, 0.3) is 0 Å². The fraction of sp³-hybridized carbons (Fsp3) is 0.867. The second-order valence-corrected chi connectivity index (χ2v) is 6.15. The van der Waals surface area contributed by atoms with Gasteiger partial charge in [-0.15, -0.1) is 12.4 Å². The molecule has 0 spiro atoms. The first kappa shape index (κ1) is 20.2. The molecule has 124 valence electrons. The molecule has 1 heterocycles. The highest BCUT2D eigenvalue weighted by Crippen LogP contribution is 2.17. The van der Waals surface area contributed by atoms with E-state index in [0.29, 0.717) is 19.0 Å². The van der Waals surface area contributed by atoms with Crippen molar-refractivity contribution in [1.82, 2.24) is 15.5 Å². The van der Waals surface area contributed by atoms with Crippen LogP contribution in [0.25, 0.3) is 0 Å². The smallest absolute Gasteiger partial charge is 0.226 e.